The topological polar surface area (TPSA) is 137 Å². The Hall–Kier alpha value is -3.33. The van der Waals surface area contributed by atoms with Crippen LogP contribution < -0.4 is 11.3 Å². The highest BCUT2D eigenvalue weighted by molar-refractivity contribution is 5.89. The lowest BCUT2D eigenvalue weighted by atomic mass is 9.44. The highest BCUT2D eigenvalue weighted by Crippen LogP contribution is 2.68. The molecule has 2 bridgehead atoms. The zero-order chi connectivity index (χ0) is 29.0. The van der Waals surface area contributed by atoms with Gasteiger partial charge >= 0.3 is 5.97 Å². The van der Waals surface area contributed by atoms with Crippen molar-refractivity contribution in [2.45, 2.75) is 78.6 Å². The molecule has 2 unspecified atom stereocenters. The van der Waals surface area contributed by atoms with Crippen LogP contribution in [0.3, 0.4) is 0 Å². The van der Waals surface area contributed by atoms with E-state index < -0.39 is 34.6 Å². The number of hydrogen-bond donors (Lipinski definition) is 2. The molecule has 214 valence electrons. The van der Waals surface area contributed by atoms with Crippen LogP contribution in [0.1, 0.15) is 75.9 Å². The van der Waals surface area contributed by atoms with Gasteiger partial charge in [-0.05, 0) is 67.2 Å². The fourth-order valence-electron chi connectivity index (χ4n) is 8.14. The van der Waals surface area contributed by atoms with Crippen LogP contribution in [0.2, 0.25) is 0 Å². The largest absolute Gasteiger partial charge is 0.458 e. The lowest BCUT2D eigenvalue weighted by molar-refractivity contribution is -0.192. The molecule has 5 rings (SSSR count). The number of anilines is 1. The summed E-state index contributed by atoms with van der Waals surface area (Å²) >= 11 is 0. The Labute approximate surface area is 234 Å². The summed E-state index contributed by atoms with van der Waals surface area (Å²) in [5, 5.41) is 19.5. The van der Waals surface area contributed by atoms with Crippen LogP contribution in [-0.4, -0.2) is 43.8 Å². The first-order valence-electron chi connectivity index (χ1n) is 14.2. The normalized spacial score (nSPS) is 37.2. The third kappa shape index (κ3) is 4.21. The SMILES string of the molecule is C=C[C@]1(C)C[C@@H](OC(=O)c2cccn(Cc3ccc(N)nn3)c2=O)[C@@]2(C)C3C(=O)CCC3(CC[C@H]2C)[C@@H](C)[C@@H]1O. The summed E-state index contributed by atoms with van der Waals surface area (Å²) in [6.07, 6.45) is 5.09. The van der Waals surface area contributed by atoms with Crippen LogP contribution in [0.15, 0.2) is 47.9 Å². The molecule has 3 saturated carbocycles. The van der Waals surface area contributed by atoms with E-state index in [0.29, 0.717) is 18.5 Å². The van der Waals surface area contributed by atoms with E-state index in [1.54, 1.807) is 30.5 Å². The Balaban J connectivity index is 1.54. The molecule has 40 heavy (non-hydrogen) atoms. The monoisotopic (exact) mass is 548 g/mol. The van der Waals surface area contributed by atoms with E-state index in [9.17, 15) is 19.5 Å². The van der Waals surface area contributed by atoms with E-state index in [4.69, 9.17) is 10.5 Å². The molecule has 0 aliphatic heterocycles. The Kier molecular flexibility index (Phi) is 7.01. The number of nitrogens with zero attached hydrogens (tertiary/aromatic N) is 3. The third-order valence-electron chi connectivity index (χ3n) is 10.9. The molecule has 9 heteroatoms. The molecule has 3 aliphatic rings. The summed E-state index contributed by atoms with van der Waals surface area (Å²) in [5.41, 5.74) is 3.75. The average molecular weight is 549 g/mol. The summed E-state index contributed by atoms with van der Waals surface area (Å²) in [4.78, 5) is 40.7. The number of aromatic nitrogens is 3. The Bertz CT molecular complexity index is 1390. The van der Waals surface area contributed by atoms with Gasteiger partial charge in [0.25, 0.3) is 5.56 Å². The van der Waals surface area contributed by atoms with Gasteiger partial charge in [-0.25, -0.2) is 4.79 Å². The molecule has 2 aromatic rings. The number of ether oxygens (including phenoxy) is 1. The third-order valence-corrected chi connectivity index (χ3v) is 10.9. The van der Waals surface area contributed by atoms with E-state index in [-0.39, 0.29) is 46.9 Å². The number of Topliss-reactive ketones (excluding diaryl/α,β-unsaturated/α-hetero) is 1. The van der Waals surface area contributed by atoms with Gasteiger partial charge in [-0.2, -0.15) is 5.10 Å². The number of rotatable bonds is 5. The molecule has 0 spiro atoms. The Morgan fingerprint density at radius 2 is 1.98 bits per heavy atom. The number of aliphatic hydroxyl groups is 1. The number of pyridine rings is 1. The molecular weight excluding hydrogens is 508 g/mol. The van der Waals surface area contributed by atoms with Crippen molar-refractivity contribution in [2.75, 3.05) is 5.73 Å². The summed E-state index contributed by atoms with van der Waals surface area (Å²) in [5.74, 6) is -0.641. The van der Waals surface area contributed by atoms with Gasteiger partial charge in [-0.3, -0.25) is 9.59 Å². The van der Waals surface area contributed by atoms with Gasteiger partial charge < -0.3 is 20.1 Å². The van der Waals surface area contributed by atoms with Crippen molar-refractivity contribution in [3.8, 4) is 0 Å². The van der Waals surface area contributed by atoms with Crippen molar-refractivity contribution in [2.24, 2.45) is 34.0 Å². The standard InChI is InChI=1S/C31H40N4O5/c1-6-29(4)16-23(30(5)18(2)11-13-31(19(3)26(29)37)14-12-22(36)25(30)31)40-28(39)21-8-7-15-35(27(21)38)17-20-9-10-24(32)34-33-20/h6-10,15,18-19,23,25-26,37H,1,11-14,16-17H2,2-5H3,(H2,32,34)/t18-,19+,23-,25?,26+,29-,30+,31?/m1/s1. The molecule has 0 saturated heterocycles. The predicted molar refractivity (Wildman–Crippen MR) is 150 cm³/mol. The zero-order valence-electron chi connectivity index (χ0n) is 23.8. The first-order valence-corrected chi connectivity index (χ1v) is 14.2. The molecule has 2 aromatic heterocycles. The lowest BCUT2D eigenvalue weighted by Crippen LogP contribution is -2.63. The van der Waals surface area contributed by atoms with Gasteiger partial charge in [-0.15, -0.1) is 11.7 Å². The van der Waals surface area contributed by atoms with Crippen LogP contribution in [0.25, 0.3) is 0 Å². The highest BCUT2D eigenvalue weighted by atomic mass is 16.5. The van der Waals surface area contributed by atoms with Crippen molar-refractivity contribution < 1.29 is 19.4 Å². The van der Waals surface area contributed by atoms with Crippen molar-refractivity contribution in [3.05, 3.63) is 64.7 Å². The Morgan fingerprint density at radius 1 is 1.23 bits per heavy atom. The number of ketones is 1. The van der Waals surface area contributed by atoms with Crippen molar-refractivity contribution in [1.82, 2.24) is 14.8 Å². The molecule has 0 radical (unpaired) electrons. The Morgan fingerprint density at radius 3 is 2.65 bits per heavy atom. The van der Waals surface area contributed by atoms with Crippen LogP contribution >= 0.6 is 0 Å². The minimum Gasteiger partial charge on any atom is -0.458 e. The van der Waals surface area contributed by atoms with Crippen LogP contribution in [0, 0.1) is 34.0 Å². The van der Waals surface area contributed by atoms with Crippen LogP contribution in [0.4, 0.5) is 5.82 Å². The van der Waals surface area contributed by atoms with E-state index in [1.807, 2.05) is 6.92 Å². The van der Waals surface area contributed by atoms with Gasteiger partial charge in [0.05, 0.1) is 18.3 Å². The highest BCUT2D eigenvalue weighted by Gasteiger charge is 2.68. The second kappa shape index (κ2) is 9.94. The fraction of sp³-hybridized carbons (Fsp3) is 0.581. The first kappa shape index (κ1) is 28.2. The average Bonchev–Trinajstić information content (AvgIpc) is 3.29. The van der Waals surface area contributed by atoms with E-state index in [2.05, 4.69) is 37.5 Å². The van der Waals surface area contributed by atoms with Gasteiger partial charge in [0, 0.05) is 29.4 Å². The quantitative estimate of drug-likeness (QED) is 0.425. The molecule has 3 fully saturated rings. The molecule has 3 N–H and O–H groups in total. The molecule has 9 nitrogen and oxygen atoms in total. The summed E-state index contributed by atoms with van der Waals surface area (Å²) < 4.78 is 7.68. The van der Waals surface area contributed by atoms with Crippen LogP contribution in [0.5, 0.6) is 0 Å². The van der Waals surface area contributed by atoms with E-state index >= 15 is 0 Å². The number of carbonyl (C=O) groups is 2. The van der Waals surface area contributed by atoms with Gasteiger partial charge in [0.2, 0.25) is 0 Å². The van der Waals surface area contributed by atoms with Crippen molar-refractivity contribution >= 4 is 17.6 Å². The van der Waals surface area contributed by atoms with Gasteiger partial charge in [-0.1, -0.05) is 33.8 Å². The minimum absolute atomic E-state index is 0.0958. The summed E-state index contributed by atoms with van der Waals surface area (Å²) in [7, 11) is 0. The van der Waals surface area contributed by atoms with Crippen molar-refractivity contribution in [3.63, 3.8) is 0 Å². The number of hydrogen-bond acceptors (Lipinski definition) is 8. The first-order chi connectivity index (χ1) is 18.9. The zero-order valence-corrected chi connectivity index (χ0v) is 23.8. The number of esters is 1. The predicted octanol–water partition coefficient (Wildman–Crippen LogP) is 3.79. The second-order valence-electron chi connectivity index (χ2n) is 12.8. The fourth-order valence-corrected chi connectivity index (χ4v) is 8.14. The molecule has 8 atom stereocenters. The lowest BCUT2D eigenvalue weighted by Gasteiger charge is -2.61. The summed E-state index contributed by atoms with van der Waals surface area (Å²) in [6.45, 7) is 12.4. The number of nitrogens with two attached hydrogens (primary N) is 1. The van der Waals surface area contributed by atoms with Crippen molar-refractivity contribution in [1.29, 1.82) is 0 Å². The van der Waals surface area contributed by atoms with Gasteiger partial charge in [0.1, 0.15) is 23.3 Å². The van der Waals surface area contributed by atoms with E-state index in [0.717, 1.165) is 19.3 Å². The maximum absolute atomic E-state index is 13.8. The maximum Gasteiger partial charge on any atom is 0.344 e. The molecular formula is C31H40N4O5. The molecule has 2 heterocycles. The van der Waals surface area contributed by atoms with Gasteiger partial charge in [0.15, 0.2) is 0 Å². The summed E-state index contributed by atoms with van der Waals surface area (Å²) in [6, 6.07) is 6.35. The minimum atomic E-state index is -0.757. The van der Waals surface area contributed by atoms with E-state index in [1.165, 1.54) is 10.6 Å². The molecule has 0 amide bonds. The maximum atomic E-state index is 13.8. The smallest absolute Gasteiger partial charge is 0.344 e. The molecule has 3 aliphatic carbocycles. The molecule has 0 aromatic carbocycles. The second-order valence-corrected chi connectivity index (χ2v) is 12.8. The van der Waals surface area contributed by atoms with Crippen LogP contribution in [-0.2, 0) is 16.1 Å². The number of aliphatic hydroxyl groups excluding tert-OH is 1. The number of carbonyl (C=O) groups excluding carboxylic acids is 2. The number of nitrogen functional groups attached to an aromatic ring is 1.